The number of aryl methyl sites for hydroxylation is 2. The zero-order chi connectivity index (χ0) is 25.6. The van der Waals surface area contributed by atoms with Crippen LogP contribution in [0.2, 0.25) is 5.02 Å². The van der Waals surface area contributed by atoms with E-state index in [9.17, 15) is 9.59 Å². The minimum Gasteiger partial charge on any atom is -0.379 e. The van der Waals surface area contributed by atoms with Crippen molar-refractivity contribution in [3.8, 4) is 0 Å². The summed E-state index contributed by atoms with van der Waals surface area (Å²) in [5.41, 5.74) is 2.16. The molecule has 2 aromatic heterocycles. The zero-order valence-corrected chi connectivity index (χ0v) is 22.2. The molecule has 0 aliphatic carbocycles. The molecule has 1 amide bonds. The fraction of sp³-hybridized carbons (Fsp3) is 0.310. The number of aromatic nitrogens is 1. The summed E-state index contributed by atoms with van der Waals surface area (Å²) in [6, 6.07) is 19.7. The van der Waals surface area contributed by atoms with Crippen LogP contribution in [-0.4, -0.2) is 41.7 Å². The lowest BCUT2D eigenvalue weighted by Gasteiger charge is -2.25. The molecule has 4 aromatic rings. The van der Waals surface area contributed by atoms with E-state index < -0.39 is 0 Å². The molecule has 3 heterocycles. The van der Waals surface area contributed by atoms with E-state index >= 15 is 0 Å². The number of hydrogen-bond acceptors (Lipinski definition) is 5. The van der Waals surface area contributed by atoms with Gasteiger partial charge in [-0.15, -0.1) is 11.3 Å². The number of amides is 1. The van der Waals surface area contributed by atoms with Crippen molar-refractivity contribution in [1.29, 1.82) is 0 Å². The SMILES string of the molecule is O=C(NCc1ccc(Cl)cc1)c1cn(CCCc2ccccc2)c2sc(CN3CCOCC3)cc2c1=O. The van der Waals surface area contributed by atoms with Crippen LogP contribution in [0.1, 0.15) is 32.8 Å². The third-order valence-corrected chi connectivity index (χ3v) is 8.01. The number of halogens is 1. The van der Waals surface area contributed by atoms with Gasteiger partial charge in [-0.25, -0.2) is 0 Å². The number of nitrogens with zero attached hydrogens (tertiary/aromatic N) is 2. The Labute approximate surface area is 225 Å². The molecule has 192 valence electrons. The maximum absolute atomic E-state index is 13.5. The number of carbonyl (C=O) groups is 1. The molecule has 0 unspecified atom stereocenters. The summed E-state index contributed by atoms with van der Waals surface area (Å²) >= 11 is 7.61. The number of carbonyl (C=O) groups excluding carboxylic acids is 1. The number of benzene rings is 2. The predicted octanol–water partition coefficient (Wildman–Crippen LogP) is 5.11. The zero-order valence-electron chi connectivity index (χ0n) is 20.6. The maximum atomic E-state index is 13.5. The van der Waals surface area contributed by atoms with Crippen LogP contribution in [0.3, 0.4) is 0 Å². The van der Waals surface area contributed by atoms with Gasteiger partial charge in [0.05, 0.1) is 18.6 Å². The van der Waals surface area contributed by atoms with Gasteiger partial charge in [0.25, 0.3) is 5.91 Å². The lowest BCUT2D eigenvalue weighted by atomic mass is 10.1. The predicted molar refractivity (Wildman–Crippen MR) is 150 cm³/mol. The minimum atomic E-state index is -0.361. The van der Waals surface area contributed by atoms with E-state index in [0.29, 0.717) is 17.0 Å². The Morgan fingerprint density at radius 3 is 2.54 bits per heavy atom. The van der Waals surface area contributed by atoms with Crippen LogP contribution >= 0.6 is 22.9 Å². The van der Waals surface area contributed by atoms with Crippen LogP contribution in [0.5, 0.6) is 0 Å². The first-order chi connectivity index (χ1) is 18.1. The Morgan fingerprint density at radius 2 is 1.78 bits per heavy atom. The Hall–Kier alpha value is -2.97. The van der Waals surface area contributed by atoms with Crippen LogP contribution in [0.15, 0.2) is 71.7 Å². The van der Waals surface area contributed by atoms with E-state index in [1.54, 1.807) is 29.7 Å². The summed E-state index contributed by atoms with van der Waals surface area (Å²) in [5.74, 6) is -0.361. The molecule has 1 N–H and O–H groups in total. The largest absolute Gasteiger partial charge is 0.379 e. The van der Waals surface area contributed by atoms with Crippen LogP contribution in [-0.2, 0) is 30.8 Å². The van der Waals surface area contributed by atoms with Gasteiger partial charge in [-0.3, -0.25) is 14.5 Å². The average Bonchev–Trinajstić information content (AvgIpc) is 3.35. The van der Waals surface area contributed by atoms with Crippen molar-refractivity contribution >= 4 is 39.1 Å². The number of rotatable bonds is 9. The Morgan fingerprint density at radius 1 is 1.03 bits per heavy atom. The van der Waals surface area contributed by atoms with Gasteiger partial charge in [0.1, 0.15) is 10.4 Å². The Bertz CT molecular complexity index is 1410. The highest BCUT2D eigenvalue weighted by molar-refractivity contribution is 7.18. The summed E-state index contributed by atoms with van der Waals surface area (Å²) in [6.45, 7) is 5.06. The summed E-state index contributed by atoms with van der Waals surface area (Å²) in [6.07, 6.45) is 3.57. The van der Waals surface area contributed by atoms with Crippen LogP contribution in [0.25, 0.3) is 10.2 Å². The molecule has 1 fully saturated rings. The Kier molecular flexibility index (Phi) is 8.36. The fourth-order valence-corrected chi connectivity index (χ4v) is 5.91. The first-order valence-corrected chi connectivity index (χ1v) is 13.8. The van der Waals surface area contributed by atoms with E-state index in [4.69, 9.17) is 16.3 Å². The number of pyridine rings is 1. The van der Waals surface area contributed by atoms with Gasteiger partial charge in [0, 0.05) is 48.8 Å². The van der Waals surface area contributed by atoms with E-state index in [1.807, 2.05) is 36.4 Å². The van der Waals surface area contributed by atoms with Gasteiger partial charge < -0.3 is 14.6 Å². The molecule has 8 heteroatoms. The van der Waals surface area contributed by atoms with E-state index in [1.165, 1.54) is 5.56 Å². The standard InChI is InChI=1S/C29H30ClN3O3S/c30-23-10-8-22(9-11-23)18-31-28(35)26-20-33(12-4-7-21-5-2-1-3-6-21)29-25(27(26)34)17-24(37-29)19-32-13-15-36-16-14-32/h1-3,5-6,8-11,17,20H,4,7,12-16,18-19H2,(H,31,35). The highest BCUT2D eigenvalue weighted by atomic mass is 35.5. The molecule has 1 saturated heterocycles. The molecule has 0 atom stereocenters. The van der Waals surface area contributed by atoms with Crippen LogP contribution in [0, 0.1) is 0 Å². The second-order valence-electron chi connectivity index (χ2n) is 9.28. The van der Waals surface area contributed by atoms with Crippen molar-refractivity contribution in [1.82, 2.24) is 14.8 Å². The molecule has 1 aliphatic rings. The molecule has 5 rings (SSSR count). The number of fused-ring (bicyclic) bond motifs is 1. The lowest BCUT2D eigenvalue weighted by Crippen LogP contribution is -2.35. The molecular formula is C29H30ClN3O3S. The molecule has 1 aliphatic heterocycles. The molecule has 2 aromatic carbocycles. The van der Waals surface area contributed by atoms with Gasteiger partial charge in [0.15, 0.2) is 0 Å². The van der Waals surface area contributed by atoms with Crippen LogP contribution in [0.4, 0.5) is 0 Å². The fourth-order valence-electron chi connectivity index (χ4n) is 4.59. The molecule has 0 bridgehead atoms. The topological polar surface area (TPSA) is 63.6 Å². The van der Waals surface area contributed by atoms with Crippen LogP contribution < -0.4 is 10.7 Å². The normalized spacial score (nSPS) is 14.2. The minimum absolute atomic E-state index is 0.178. The second-order valence-corrected chi connectivity index (χ2v) is 10.8. The van der Waals surface area contributed by atoms with Gasteiger partial charge in [0.2, 0.25) is 5.43 Å². The van der Waals surface area contributed by atoms with Crippen molar-refractivity contribution in [2.24, 2.45) is 0 Å². The van der Waals surface area contributed by atoms with Crippen molar-refractivity contribution in [2.75, 3.05) is 26.3 Å². The average molecular weight is 536 g/mol. The lowest BCUT2D eigenvalue weighted by molar-refractivity contribution is 0.0346. The van der Waals surface area contributed by atoms with E-state index in [2.05, 4.69) is 26.9 Å². The first-order valence-electron chi connectivity index (χ1n) is 12.6. The maximum Gasteiger partial charge on any atom is 0.257 e. The van der Waals surface area contributed by atoms with Gasteiger partial charge >= 0.3 is 0 Å². The second kappa shape index (κ2) is 12.0. The van der Waals surface area contributed by atoms with Crippen molar-refractivity contribution in [3.05, 3.63) is 104 Å². The smallest absolute Gasteiger partial charge is 0.257 e. The molecule has 6 nitrogen and oxygen atoms in total. The first kappa shape index (κ1) is 25.7. The van der Waals surface area contributed by atoms with Gasteiger partial charge in [-0.05, 0) is 42.2 Å². The Balaban J connectivity index is 1.40. The third-order valence-electron chi connectivity index (χ3n) is 6.60. The number of nitrogens with one attached hydrogen (secondary N) is 1. The summed E-state index contributed by atoms with van der Waals surface area (Å²) < 4.78 is 7.56. The molecule has 0 radical (unpaired) electrons. The van der Waals surface area contributed by atoms with E-state index in [-0.39, 0.29) is 16.9 Å². The van der Waals surface area contributed by atoms with Gasteiger partial charge in [-0.2, -0.15) is 0 Å². The highest BCUT2D eigenvalue weighted by Crippen LogP contribution is 2.26. The summed E-state index contributed by atoms with van der Waals surface area (Å²) in [4.78, 5) is 31.0. The molecular weight excluding hydrogens is 506 g/mol. The summed E-state index contributed by atoms with van der Waals surface area (Å²) in [5, 5.41) is 4.17. The number of thiophene rings is 1. The number of morpholine rings is 1. The molecule has 0 spiro atoms. The van der Waals surface area contributed by atoms with Gasteiger partial charge in [-0.1, -0.05) is 54.1 Å². The van der Waals surface area contributed by atoms with Crippen molar-refractivity contribution < 1.29 is 9.53 Å². The van der Waals surface area contributed by atoms with E-state index in [0.717, 1.165) is 67.5 Å². The quantitative estimate of drug-likeness (QED) is 0.323. The third kappa shape index (κ3) is 6.48. The highest BCUT2D eigenvalue weighted by Gasteiger charge is 2.19. The summed E-state index contributed by atoms with van der Waals surface area (Å²) in [7, 11) is 0. The van der Waals surface area contributed by atoms with Crippen molar-refractivity contribution in [2.45, 2.75) is 32.5 Å². The monoisotopic (exact) mass is 535 g/mol. The molecule has 0 saturated carbocycles. The van der Waals surface area contributed by atoms with Crippen molar-refractivity contribution in [3.63, 3.8) is 0 Å². The number of hydrogen-bond donors (Lipinski definition) is 1. The molecule has 37 heavy (non-hydrogen) atoms. The number of ether oxygens (including phenoxy) is 1.